The van der Waals surface area contributed by atoms with E-state index in [0.717, 1.165) is 43.4 Å². The molecule has 0 spiro atoms. The molecule has 0 unspecified atom stereocenters. The van der Waals surface area contributed by atoms with Crippen molar-refractivity contribution in [2.24, 2.45) is 0 Å². The molecule has 2 aromatic carbocycles. The molecular weight excluding hydrogens is 364 g/mol. The maximum Gasteiger partial charge on any atom is 0.193 e. The lowest BCUT2D eigenvalue weighted by molar-refractivity contribution is -0.00000516. The van der Waals surface area contributed by atoms with Crippen molar-refractivity contribution < 1.29 is 21.7 Å². The van der Waals surface area contributed by atoms with Crippen LogP contribution in [0.1, 0.15) is 13.3 Å². The first-order valence-electron chi connectivity index (χ1n) is 8.21. The van der Waals surface area contributed by atoms with Crippen LogP contribution in [0.3, 0.4) is 0 Å². The van der Waals surface area contributed by atoms with Gasteiger partial charge in [-0.3, -0.25) is 0 Å². The lowest BCUT2D eigenvalue weighted by atomic mass is 10.0. The SMILES string of the molecule is C=C1Oc2ccc(-c3ccccc3)cc2N1CCCN(C)CC.[Br-]. The molecule has 128 valence electrons. The predicted molar refractivity (Wildman–Crippen MR) is 96.8 cm³/mol. The number of anilines is 1. The fraction of sp³-hybridized carbons (Fsp3) is 0.300. The second kappa shape index (κ2) is 8.36. The Labute approximate surface area is 155 Å². The average Bonchev–Trinajstić information content (AvgIpc) is 2.90. The Kier molecular flexibility index (Phi) is 6.46. The highest BCUT2D eigenvalue weighted by Crippen LogP contribution is 2.41. The minimum Gasteiger partial charge on any atom is -1.00 e. The van der Waals surface area contributed by atoms with Crippen molar-refractivity contribution in [1.82, 2.24) is 4.90 Å². The number of benzene rings is 2. The summed E-state index contributed by atoms with van der Waals surface area (Å²) in [6, 6.07) is 16.8. The Bertz CT molecular complexity index is 687. The van der Waals surface area contributed by atoms with E-state index in [4.69, 9.17) is 4.74 Å². The molecule has 24 heavy (non-hydrogen) atoms. The van der Waals surface area contributed by atoms with Gasteiger partial charge in [0.05, 0.1) is 5.69 Å². The van der Waals surface area contributed by atoms with Gasteiger partial charge in [-0.2, -0.15) is 0 Å². The number of halogens is 1. The summed E-state index contributed by atoms with van der Waals surface area (Å²) in [5, 5.41) is 0. The molecule has 0 aliphatic carbocycles. The van der Waals surface area contributed by atoms with Crippen LogP contribution < -0.4 is 26.6 Å². The molecule has 0 aromatic heterocycles. The summed E-state index contributed by atoms with van der Waals surface area (Å²) in [4.78, 5) is 4.51. The Morgan fingerprint density at radius 3 is 2.54 bits per heavy atom. The van der Waals surface area contributed by atoms with E-state index >= 15 is 0 Å². The predicted octanol–water partition coefficient (Wildman–Crippen LogP) is 1.37. The highest BCUT2D eigenvalue weighted by molar-refractivity contribution is 5.75. The molecular formula is C20H24BrN2O-. The first-order chi connectivity index (χ1) is 11.2. The van der Waals surface area contributed by atoms with Crippen LogP contribution in [0.2, 0.25) is 0 Å². The number of rotatable bonds is 6. The van der Waals surface area contributed by atoms with Crippen LogP contribution in [-0.4, -0.2) is 31.6 Å². The molecule has 3 rings (SSSR count). The molecule has 0 saturated carbocycles. The van der Waals surface area contributed by atoms with Crippen LogP contribution in [0.25, 0.3) is 11.1 Å². The van der Waals surface area contributed by atoms with Crippen molar-refractivity contribution >= 4 is 5.69 Å². The van der Waals surface area contributed by atoms with Crippen LogP contribution in [0.4, 0.5) is 5.69 Å². The van der Waals surface area contributed by atoms with Gasteiger partial charge < -0.3 is 31.5 Å². The Balaban J connectivity index is 0.00000208. The van der Waals surface area contributed by atoms with E-state index in [9.17, 15) is 0 Å². The summed E-state index contributed by atoms with van der Waals surface area (Å²) in [5.74, 6) is 1.63. The summed E-state index contributed by atoms with van der Waals surface area (Å²) in [6.07, 6.45) is 1.09. The van der Waals surface area contributed by atoms with E-state index in [-0.39, 0.29) is 17.0 Å². The number of hydrogen-bond donors (Lipinski definition) is 0. The summed E-state index contributed by atoms with van der Waals surface area (Å²) < 4.78 is 5.81. The first-order valence-corrected chi connectivity index (χ1v) is 8.21. The van der Waals surface area contributed by atoms with E-state index in [1.54, 1.807) is 0 Å². The lowest BCUT2D eigenvalue weighted by Gasteiger charge is -2.20. The van der Waals surface area contributed by atoms with Gasteiger partial charge in [-0.1, -0.05) is 43.3 Å². The molecule has 0 amide bonds. The van der Waals surface area contributed by atoms with Crippen LogP contribution in [0.5, 0.6) is 5.75 Å². The molecule has 0 bridgehead atoms. The summed E-state index contributed by atoms with van der Waals surface area (Å²) in [7, 11) is 2.15. The minimum absolute atomic E-state index is 0. The lowest BCUT2D eigenvalue weighted by Crippen LogP contribution is -3.00. The van der Waals surface area contributed by atoms with E-state index < -0.39 is 0 Å². The van der Waals surface area contributed by atoms with Gasteiger partial charge in [-0.25, -0.2) is 0 Å². The van der Waals surface area contributed by atoms with Crippen LogP contribution in [0, 0.1) is 0 Å². The monoisotopic (exact) mass is 387 g/mol. The smallest absolute Gasteiger partial charge is 0.193 e. The normalized spacial score (nSPS) is 12.8. The third-order valence-electron chi connectivity index (χ3n) is 4.35. The zero-order chi connectivity index (χ0) is 16.2. The third kappa shape index (κ3) is 4.00. The Morgan fingerprint density at radius 1 is 1.08 bits per heavy atom. The van der Waals surface area contributed by atoms with E-state index in [2.05, 4.69) is 66.7 Å². The van der Waals surface area contributed by atoms with Gasteiger partial charge in [-0.05, 0) is 56.4 Å². The Morgan fingerprint density at radius 2 is 1.83 bits per heavy atom. The number of ether oxygens (including phenoxy) is 1. The fourth-order valence-electron chi connectivity index (χ4n) is 2.84. The van der Waals surface area contributed by atoms with Gasteiger partial charge in [0.1, 0.15) is 0 Å². The standard InChI is InChI=1S/C20H24N2O.BrH/c1-4-21(3)13-8-14-22-16(2)23-20-12-11-18(15-19(20)22)17-9-6-5-7-10-17;/h5-7,9-12,15H,2,4,8,13-14H2,1,3H3;1H/p-1. The van der Waals surface area contributed by atoms with E-state index in [0.29, 0.717) is 0 Å². The summed E-state index contributed by atoms with van der Waals surface area (Å²) in [5.41, 5.74) is 3.55. The maximum absolute atomic E-state index is 5.81. The summed E-state index contributed by atoms with van der Waals surface area (Å²) >= 11 is 0. The van der Waals surface area contributed by atoms with Gasteiger partial charge in [0.2, 0.25) is 0 Å². The Hall–Kier alpha value is -1.78. The van der Waals surface area contributed by atoms with Crippen LogP contribution >= 0.6 is 0 Å². The molecule has 1 aliphatic rings. The van der Waals surface area contributed by atoms with Gasteiger partial charge in [-0.15, -0.1) is 0 Å². The highest BCUT2D eigenvalue weighted by Gasteiger charge is 2.24. The maximum atomic E-state index is 5.81. The van der Waals surface area contributed by atoms with E-state index in [1.165, 1.54) is 11.1 Å². The van der Waals surface area contributed by atoms with Crippen molar-refractivity contribution in [2.75, 3.05) is 31.6 Å². The second-order valence-electron chi connectivity index (χ2n) is 5.95. The largest absolute Gasteiger partial charge is 1.00 e. The fourth-order valence-corrected chi connectivity index (χ4v) is 2.84. The number of nitrogens with zero attached hydrogens (tertiary/aromatic N) is 2. The first kappa shape index (κ1) is 18.6. The number of hydrogen-bond acceptors (Lipinski definition) is 3. The molecule has 0 N–H and O–H groups in total. The molecule has 4 heteroatoms. The van der Waals surface area contributed by atoms with Crippen molar-refractivity contribution in [1.29, 1.82) is 0 Å². The van der Waals surface area contributed by atoms with Crippen molar-refractivity contribution in [2.45, 2.75) is 13.3 Å². The van der Waals surface area contributed by atoms with E-state index in [1.807, 2.05) is 12.1 Å². The zero-order valence-corrected chi connectivity index (χ0v) is 15.9. The van der Waals surface area contributed by atoms with Crippen molar-refractivity contribution in [3.8, 4) is 16.9 Å². The second-order valence-corrected chi connectivity index (χ2v) is 5.95. The molecule has 1 aliphatic heterocycles. The van der Waals surface area contributed by atoms with Crippen LogP contribution in [0.15, 0.2) is 61.0 Å². The topological polar surface area (TPSA) is 15.7 Å². The van der Waals surface area contributed by atoms with Crippen molar-refractivity contribution in [3.05, 3.63) is 61.0 Å². The summed E-state index contributed by atoms with van der Waals surface area (Å²) in [6.45, 7) is 9.32. The molecule has 0 radical (unpaired) electrons. The van der Waals surface area contributed by atoms with Gasteiger partial charge in [0.25, 0.3) is 0 Å². The van der Waals surface area contributed by atoms with Gasteiger partial charge in [0, 0.05) is 6.54 Å². The molecule has 2 aromatic rings. The highest BCUT2D eigenvalue weighted by atomic mass is 79.9. The quantitative estimate of drug-likeness (QED) is 0.744. The molecule has 0 atom stereocenters. The van der Waals surface area contributed by atoms with Crippen molar-refractivity contribution in [3.63, 3.8) is 0 Å². The molecule has 0 fully saturated rings. The number of fused-ring (bicyclic) bond motifs is 1. The third-order valence-corrected chi connectivity index (χ3v) is 4.35. The molecule has 1 heterocycles. The minimum atomic E-state index is 0. The molecule has 0 saturated heterocycles. The average molecular weight is 388 g/mol. The molecule has 3 nitrogen and oxygen atoms in total. The van der Waals surface area contributed by atoms with Gasteiger partial charge in [0.15, 0.2) is 11.6 Å². The zero-order valence-electron chi connectivity index (χ0n) is 14.3. The van der Waals surface area contributed by atoms with Gasteiger partial charge >= 0.3 is 0 Å². The van der Waals surface area contributed by atoms with Crippen LogP contribution in [-0.2, 0) is 0 Å².